The van der Waals surface area contributed by atoms with Crippen molar-refractivity contribution in [3.63, 3.8) is 0 Å². The molecule has 6 heteroatoms. The summed E-state index contributed by atoms with van der Waals surface area (Å²) < 4.78 is 6.91. The highest BCUT2D eigenvalue weighted by Gasteiger charge is 2.28. The molecule has 1 N–H and O–H groups in total. The van der Waals surface area contributed by atoms with Crippen LogP contribution in [0.25, 0.3) is 11.1 Å². The Morgan fingerprint density at radius 2 is 2.19 bits per heavy atom. The van der Waals surface area contributed by atoms with Gasteiger partial charge in [0.15, 0.2) is 5.58 Å². The van der Waals surface area contributed by atoms with Gasteiger partial charge < -0.3 is 9.52 Å². The van der Waals surface area contributed by atoms with E-state index in [0.29, 0.717) is 18.7 Å². The van der Waals surface area contributed by atoms with Crippen molar-refractivity contribution in [1.82, 2.24) is 9.47 Å². The number of carboxylic acids is 1. The van der Waals surface area contributed by atoms with E-state index in [1.807, 2.05) is 23.1 Å². The van der Waals surface area contributed by atoms with E-state index in [-0.39, 0.29) is 17.4 Å². The lowest BCUT2D eigenvalue weighted by atomic mass is 10.2. The predicted molar refractivity (Wildman–Crippen MR) is 77.3 cm³/mol. The molecule has 0 radical (unpaired) electrons. The van der Waals surface area contributed by atoms with Crippen LogP contribution in [0.3, 0.4) is 0 Å². The van der Waals surface area contributed by atoms with Crippen molar-refractivity contribution in [2.75, 3.05) is 19.6 Å². The number of aliphatic carboxylic acids is 1. The molecule has 3 rings (SSSR count). The van der Waals surface area contributed by atoms with Gasteiger partial charge in [-0.1, -0.05) is 18.7 Å². The number of hydrogen-bond donors (Lipinski definition) is 1. The summed E-state index contributed by atoms with van der Waals surface area (Å²) in [7, 11) is 0. The Labute approximate surface area is 120 Å². The van der Waals surface area contributed by atoms with Gasteiger partial charge in [0, 0.05) is 25.2 Å². The maximum Gasteiger partial charge on any atom is 0.420 e. The van der Waals surface area contributed by atoms with Crippen molar-refractivity contribution >= 4 is 17.1 Å². The molecule has 1 atom stereocenters. The Morgan fingerprint density at radius 1 is 1.43 bits per heavy atom. The number of hydrogen-bond acceptors (Lipinski definition) is 4. The van der Waals surface area contributed by atoms with Crippen LogP contribution in [0, 0.1) is 0 Å². The monoisotopic (exact) mass is 288 g/mol. The molecule has 0 spiro atoms. The molecule has 1 unspecified atom stereocenters. The molecular formula is C15H16N2O4. The lowest BCUT2D eigenvalue weighted by Crippen LogP contribution is -2.28. The highest BCUT2D eigenvalue weighted by molar-refractivity contribution is 5.86. The largest absolute Gasteiger partial charge is 0.478 e. The first kappa shape index (κ1) is 13.6. The van der Waals surface area contributed by atoms with Gasteiger partial charge in [0.05, 0.1) is 11.6 Å². The first-order valence-corrected chi connectivity index (χ1v) is 6.80. The number of para-hydroxylation sites is 2. The van der Waals surface area contributed by atoms with Crippen LogP contribution in [-0.2, 0) is 4.79 Å². The summed E-state index contributed by atoms with van der Waals surface area (Å²) in [6.45, 7) is 5.22. The van der Waals surface area contributed by atoms with Crippen molar-refractivity contribution in [2.24, 2.45) is 0 Å². The molecule has 1 saturated heterocycles. The van der Waals surface area contributed by atoms with Gasteiger partial charge in [-0.3, -0.25) is 9.47 Å². The van der Waals surface area contributed by atoms with E-state index in [2.05, 4.69) is 6.58 Å². The Hall–Kier alpha value is -2.34. The quantitative estimate of drug-likeness (QED) is 0.862. The molecular weight excluding hydrogens is 272 g/mol. The molecule has 0 aliphatic carbocycles. The van der Waals surface area contributed by atoms with Crippen molar-refractivity contribution < 1.29 is 14.3 Å². The van der Waals surface area contributed by atoms with Crippen LogP contribution in [0.4, 0.5) is 0 Å². The van der Waals surface area contributed by atoms with Crippen LogP contribution in [0.15, 0.2) is 45.6 Å². The second-order valence-electron chi connectivity index (χ2n) is 5.29. The second-order valence-corrected chi connectivity index (χ2v) is 5.29. The molecule has 1 aliphatic heterocycles. The smallest absolute Gasteiger partial charge is 0.420 e. The average molecular weight is 288 g/mol. The minimum Gasteiger partial charge on any atom is -0.478 e. The number of oxazole rings is 1. The summed E-state index contributed by atoms with van der Waals surface area (Å²) in [4.78, 5) is 24.9. The fourth-order valence-corrected chi connectivity index (χ4v) is 2.83. The number of benzene rings is 1. The molecule has 6 nitrogen and oxygen atoms in total. The van der Waals surface area contributed by atoms with E-state index >= 15 is 0 Å². The summed E-state index contributed by atoms with van der Waals surface area (Å²) in [6.07, 6.45) is 0.788. The molecule has 110 valence electrons. The van der Waals surface area contributed by atoms with Crippen LogP contribution in [0.5, 0.6) is 0 Å². The summed E-state index contributed by atoms with van der Waals surface area (Å²) in [5, 5.41) is 8.88. The first-order valence-electron chi connectivity index (χ1n) is 6.80. The van der Waals surface area contributed by atoms with Crippen LogP contribution >= 0.6 is 0 Å². The number of aromatic nitrogens is 1. The number of rotatable bonds is 4. The van der Waals surface area contributed by atoms with Gasteiger partial charge in [-0.2, -0.15) is 0 Å². The molecule has 2 heterocycles. The Morgan fingerprint density at radius 3 is 2.95 bits per heavy atom. The number of carbonyl (C=O) groups is 1. The van der Waals surface area contributed by atoms with Crippen LogP contribution in [-0.4, -0.2) is 40.2 Å². The van der Waals surface area contributed by atoms with E-state index in [9.17, 15) is 9.59 Å². The number of nitrogens with zero attached hydrogens (tertiary/aromatic N) is 2. The van der Waals surface area contributed by atoms with Crippen LogP contribution < -0.4 is 5.76 Å². The Balaban J connectivity index is 1.82. The Kier molecular flexibility index (Phi) is 3.39. The zero-order chi connectivity index (χ0) is 15.0. The van der Waals surface area contributed by atoms with Gasteiger partial charge in [-0.25, -0.2) is 9.59 Å². The summed E-state index contributed by atoms with van der Waals surface area (Å²) in [5.41, 5.74) is 1.53. The Bertz CT molecular complexity index is 758. The van der Waals surface area contributed by atoms with Gasteiger partial charge in [0.25, 0.3) is 0 Å². The van der Waals surface area contributed by atoms with Gasteiger partial charge in [0.1, 0.15) is 0 Å². The summed E-state index contributed by atoms with van der Waals surface area (Å²) in [6, 6.07) is 7.33. The minimum atomic E-state index is -0.982. The second kappa shape index (κ2) is 5.21. The standard InChI is InChI=1S/C15H16N2O4/c1-10(14(18)19)8-16-7-6-11(9-16)17-12-4-2-3-5-13(12)21-15(17)20/h2-5,11H,1,6-9H2,(H,18,19). The third-order valence-electron chi connectivity index (χ3n) is 3.85. The third-order valence-corrected chi connectivity index (χ3v) is 3.85. The van der Waals surface area contributed by atoms with E-state index in [1.165, 1.54) is 0 Å². The van der Waals surface area contributed by atoms with E-state index in [4.69, 9.17) is 9.52 Å². The highest BCUT2D eigenvalue weighted by atomic mass is 16.4. The molecule has 21 heavy (non-hydrogen) atoms. The van der Waals surface area contributed by atoms with Crippen LogP contribution in [0.2, 0.25) is 0 Å². The van der Waals surface area contributed by atoms with Gasteiger partial charge in [-0.15, -0.1) is 0 Å². The van der Waals surface area contributed by atoms with Gasteiger partial charge in [-0.05, 0) is 18.6 Å². The molecule has 1 fully saturated rings. The number of carboxylic acid groups (broad SMARTS) is 1. The van der Waals surface area contributed by atoms with Crippen LogP contribution in [0.1, 0.15) is 12.5 Å². The number of fused-ring (bicyclic) bond motifs is 1. The van der Waals surface area contributed by atoms with Gasteiger partial charge >= 0.3 is 11.7 Å². The van der Waals surface area contributed by atoms with Crippen molar-refractivity contribution in [3.8, 4) is 0 Å². The maximum atomic E-state index is 12.0. The van der Waals surface area contributed by atoms with Crippen molar-refractivity contribution in [3.05, 3.63) is 47.0 Å². The van der Waals surface area contributed by atoms with Gasteiger partial charge in [0.2, 0.25) is 0 Å². The van der Waals surface area contributed by atoms with E-state index in [1.54, 1.807) is 10.6 Å². The first-order chi connectivity index (χ1) is 10.1. The fourth-order valence-electron chi connectivity index (χ4n) is 2.83. The zero-order valence-corrected chi connectivity index (χ0v) is 11.5. The lowest BCUT2D eigenvalue weighted by Gasteiger charge is -2.16. The molecule has 1 aliphatic rings. The fraction of sp³-hybridized carbons (Fsp3) is 0.333. The highest BCUT2D eigenvalue weighted by Crippen LogP contribution is 2.25. The number of likely N-dealkylation sites (tertiary alicyclic amines) is 1. The van der Waals surface area contributed by atoms with Crippen molar-refractivity contribution in [2.45, 2.75) is 12.5 Å². The summed E-state index contributed by atoms with van der Waals surface area (Å²) in [5.74, 6) is -1.34. The zero-order valence-electron chi connectivity index (χ0n) is 11.5. The SMILES string of the molecule is C=C(CN1CCC(n2c(=O)oc3ccccc32)C1)C(=O)O. The maximum absolute atomic E-state index is 12.0. The lowest BCUT2D eigenvalue weighted by molar-refractivity contribution is -0.132. The third kappa shape index (κ3) is 2.50. The molecule has 0 amide bonds. The molecule has 1 aromatic heterocycles. The predicted octanol–water partition coefficient (Wildman–Crippen LogP) is 1.48. The topological polar surface area (TPSA) is 75.7 Å². The molecule has 2 aromatic rings. The molecule has 0 saturated carbocycles. The van der Waals surface area contributed by atoms with E-state index < -0.39 is 5.97 Å². The molecule has 1 aromatic carbocycles. The van der Waals surface area contributed by atoms with E-state index in [0.717, 1.165) is 18.5 Å². The summed E-state index contributed by atoms with van der Waals surface area (Å²) >= 11 is 0. The van der Waals surface area contributed by atoms with Crippen molar-refractivity contribution in [1.29, 1.82) is 0 Å². The molecule has 0 bridgehead atoms. The average Bonchev–Trinajstić information content (AvgIpc) is 3.01. The minimum absolute atomic E-state index is 0.00254. The normalized spacial score (nSPS) is 19.1.